The van der Waals surface area contributed by atoms with E-state index in [4.69, 9.17) is 0 Å². The molecular weight excluding hydrogens is 1890 g/mol. The normalized spacial score (nSPS) is 26.5. The lowest BCUT2D eigenvalue weighted by Crippen LogP contribution is -2.50. The van der Waals surface area contributed by atoms with Gasteiger partial charge in [-0.1, -0.05) is 94.1 Å². The fourth-order valence-corrected chi connectivity index (χ4v) is 33.9. The second-order valence-corrected chi connectivity index (χ2v) is 50.6. The average molecular weight is 2040 g/mol. The monoisotopic (exact) mass is 2040 g/mol. The molecule has 12 aromatic rings. The molecule has 6 N–H and O–H groups in total. The van der Waals surface area contributed by atoms with E-state index in [2.05, 4.69) is 248 Å². The number of likely N-dealkylation sites (tertiary alicyclic amines) is 6. The number of aromatic nitrogens is 6. The molecule has 12 heterocycles. The molecule has 6 aliphatic carbocycles. The number of fused-ring (bicyclic) bond motifs is 12. The number of carbonyl (C=O) groups is 6. The van der Waals surface area contributed by atoms with Gasteiger partial charge in [0.1, 0.15) is 34.7 Å². The van der Waals surface area contributed by atoms with Crippen LogP contribution in [0.1, 0.15) is 216 Å². The highest BCUT2D eigenvalue weighted by Crippen LogP contribution is 2.53. The van der Waals surface area contributed by atoms with Gasteiger partial charge in [-0.2, -0.15) is 70.6 Å². The summed E-state index contributed by atoms with van der Waals surface area (Å²) in [6, 6.07) is 44.1. The predicted octanol–water partition coefficient (Wildman–Crippen LogP) is 22.9. The lowest BCUT2D eigenvalue weighted by Gasteiger charge is -2.47. The number of rotatable bonds is 28. The number of carbonyl (C=O) groups excluding carboxylic acids is 6. The van der Waals surface area contributed by atoms with E-state index in [1.54, 1.807) is 99.7 Å². The molecule has 24 rings (SSSR count). The number of aromatic amines is 6. The molecular formula is C119H156N12O6S6. The van der Waals surface area contributed by atoms with Crippen molar-refractivity contribution in [2.45, 2.75) is 224 Å². The Balaban J connectivity index is 0.000000113. The molecule has 12 aliphatic rings. The second-order valence-electron chi connectivity index (χ2n) is 44.4. The first kappa shape index (κ1) is 105. The van der Waals surface area contributed by atoms with Crippen molar-refractivity contribution in [1.82, 2.24) is 59.3 Å². The van der Waals surface area contributed by atoms with Gasteiger partial charge < -0.3 is 49.5 Å². The molecule has 0 bridgehead atoms. The molecule has 0 saturated carbocycles. The summed E-state index contributed by atoms with van der Waals surface area (Å²) in [5.74, 6) is 20.2. The molecule has 6 aliphatic heterocycles. The van der Waals surface area contributed by atoms with Crippen LogP contribution in [0.15, 0.2) is 146 Å². The molecule has 764 valence electrons. The molecule has 0 unspecified atom stereocenters. The summed E-state index contributed by atoms with van der Waals surface area (Å²) in [6.07, 6.45) is 30.2. The zero-order valence-corrected chi connectivity index (χ0v) is 90.8. The largest absolute Gasteiger partial charge is 0.361 e. The highest BCUT2D eigenvalue weighted by molar-refractivity contribution is 8.01. The zero-order chi connectivity index (χ0) is 98.7. The Bertz CT molecular complexity index is 5830. The van der Waals surface area contributed by atoms with Crippen molar-refractivity contribution in [2.75, 3.05) is 150 Å². The number of Topliss-reactive ketones (excluding diaryl/α,β-unsaturated/α-hetero) is 6. The quantitative estimate of drug-likeness (QED) is 0.0269. The molecule has 6 aromatic carbocycles. The first-order chi connectivity index (χ1) is 68.9. The Labute approximate surface area is 874 Å². The van der Waals surface area contributed by atoms with Crippen LogP contribution in [0.25, 0.3) is 65.4 Å². The number of likely N-dealkylation sites (N-methyl/N-ethyl adjacent to an activating group) is 4. The maximum Gasteiger partial charge on any atom is 0.139 e. The lowest BCUT2D eigenvalue weighted by molar-refractivity contribution is -0.115. The van der Waals surface area contributed by atoms with Crippen LogP contribution in [0, 0.1) is 35.5 Å². The molecule has 18 atom stereocenters. The van der Waals surface area contributed by atoms with Crippen molar-refractivity contribution < 1.29 is 28.8 Å². The van der Waals surface area contributed by atoms with Gasteiger partial charge in [0, 0.05) is 214 Å². The van der Waals surface area contributed by atoms with E-state index in [0.717, 1.165) is 86.4 Å². The van der Waals surface area contributed by atoms with E-state index in [1.165, 1.54) is 211 Å². The summed E-state index contributed by atoms with van der Waals surface area (Å²) >= 11 is 10.9. The molecule has 6 saturated heterocycles. The minimum atomic E-state index is 0. The summed E-state index contributed by atoms with van der Waals surface area (Å²) < 4.78 is 0. The number of hydrogen-bond acceptors (Lipinski definition) is 18. The number of hydrogen-bond donors (Lipinski definition) is 6. The van der Waals surface area contributed by atoms with Crippen LogP contribution < -0.4 is 0 Å². The standard InChI is InChI=1S/2C21H28N2OS.4C19H24N2OS.CH4/c2*1-3-7-23-11-15(13-25-12-14(2)24)8-18-17-5-4-6-19-21(17)16(10-22-19)9-20(18)23;4*1-12(22)10-23-11-13-6-16-15-4-3-5-17-19(15)14(8-20-17)7-18(16)21(2)9-13;/h2*4-6,10,15,18,20,22H,3,7-9,11-13H2,1-2H3;4*3-5,8,13,16,18,20H,6-7,9-11H2,1-2H3;1H4/t2*15-,18-,20-;4*13-,16-,18-;/m111111./s1. The van der Waals surface area contributed by atoms with E-state index < -0.39 is 0 Å². The van der Waals surface area contributed by atoms with Gasteiger partial charge in [0.05, 0.1) is 34.5 Å². The number of piperidine rings is 6. The molecule has 6 aromatic heterocycles. The van der Waals surface area contributed by atoms with Crippen molar-refractivity contribution in [3.8, 4) is 0 Å². The predicted molar refractivity (Wildman–Crippen MR) is 609 cm³/mol. The summed E-state index contributed by atoms with van der Waals surface area (Å²) in [7, 11) is 9.10. The van der Waals surface area contributed by atoms with Crippen molar-refractivity contribution in [1.29, 1.82) is 0 Å². The highest BCUT2D eigenvalue weighted by Gasteiger charge is 2.47. The van der Waals surface area contributed by atoms with Crippen LogP contribution >= 0.6 is 70.6 Å². The number of benzene rings is 6. The van der Waals surface area contributed by atoms with Crippen molar-refractivity contribution in [2.24, 2.45) is 35.5 Å². The molecule has 0 spiro atoms. The first-order valence-electron chi connectivity index (χ1n) is 53.1. The van der Waals surface area contributed by atoms with Crippen LogP contribution in [-0.4, -0.2) is 280 Å². The van der Waals surface area contributed by atoms with E-state index in [-0.39, 0.29) is 30.6 Å². The van der Waals surface area contributed by atoms with Crippen LogP contribution in [0.2, 0.25) is 0 Å². The highest BCUT2D eigenvalue weighted by atomic mass is 32.2. The zero-order valence-electron chi connectivity index (χ0n) is 85.9. The third kappa shape index (κ3) is 23.5. The van der Waals surface area contributed by atoms with E-state index in [0.29, 0.717) is 153 Å². The Hall–Kier alpha value is -7.56. The van der Waals surface area contributed by atoms with Gasteiger partial charge in [-0.05, 0) is 346 Å². The summed E-state index contributed by atoms with van der Waals surface area (Å²) in [5, 5.41) is 8.85. The van der Waals surface area contributed by atoms with Crippen molar-refractivity contribution >= 4 is 171 Å². The minimum absolute atomic E-state index is 0. The second kappa shape index (κ2) is 47.5. The molecule has 6 fully saturated rings. The fraction of sp³-hybridized carbons (Fsp3) is 0.546. The van der Waals surface area contributed by atoms with Crippen LogP contribution in [-0.2, 0) is 67.3 Å². The Morgan fingerprint density at radius 2 is 0.441 bits per heavy atom. The van der Waals surface area contributed by atoms with Gasteiger partial charge in [0.15, 0.2) is 0 Å². The number of nitrogens with zero attached hydrogens (tertiary/aromatic N) is 6. The Kier molecular flexibility index (Phi) is 35.0. The smallest absolute Gasteiger partial charge is 0.139 e. The van der Waals surface area contributed by atoms with Gasteiger partial charge in [-0.25, -0.2) is 0 Å². The molecule has 18 nitrogen and oxygen atoms in total. The minimum Gasteiger partial charge on any atom is -0.361 e. The maximum atomic E-state index is 11.3. The number of H-pyrrole nitrogens is 6. The van der Waals surface area contributed by atoms with Gasteiger partial charge in [0.2, 0.25) is 0 Å². The molecule has 143 heavy (non-hydrogen) atoms. The lowest BCUT2D eigenvalue weighted by atomic mass is 9.72. The van der Waals surface area contributed by atoms with Crippen LogP contribution in [0.3, 0.4) is 0 Å². The molecule has 0 radical (unpaired) electrons. The Morgan fingerprint density at radius 3 is 0.622 bits per heavy atom. The van der Waals surface area contributed by atoms with Gasteiger partial charge >= 0.3 is 0 Å². The average Bonchev–Trinajstić information content (AvgIpc) is 1.69. The van der Waals surface area contributed by atoms with E-state index in [9.17, 15) is 28.8 Å². The third-order valence-electron chi connectivity index (χ3n) is 33.5. The fourth-order valence-electron chi connectivity index (χ4n) is 28.0. The SMILES string of the molecule is C.CC(=O)CSC[C@@H]1C[C@@H]2c3cccc4[nH]cc(c34)C[C@H]2N(C)C1.CC(=O)CSC[C@@H]1C[C@@H]2c3cccc4[nH]cc(c34)C[C@H]2N(C)C1.CC(=O)CSC[C@@H]1C[C@@H]2c3cccc4[nH]cc(c34)C[C@H]2N(C)C1.CC(=O)CSC[C@@H]1C[C@@H]2c3cccc4[nH]cc(c34)C[C@H]2N(C)C1.CCCN1C[C@H](CSCC(C)=O)C[C@@H]2c3cccc4[nH]cc(c34)C[C@H]21.CCCN1C[C@H](CSCC(C)=O)C[C@@H]2c3cccc4[nH]cc(c34)C[C@H]21. The van der Waals surface area contributed by atoms with Gasteiger partial charge in [-0.15, -0.1) is 0 Å². The van der Waals surface area contributed by atoms with Crippen LogP contribution in [0.5, 0.6) is 0 Å². The summed E-state index contributed by atoms with van der Waals surface area (Å²) in [5.41, 5.74) is 25.9. The number of nitrogens with one attached hydrogen (secondary N) is 6. The van der Waals surface area contributed by atoms with Crippen LogP contribution in [0.4, 0.5) is 0 Å². The number of ketones is 6. The van der Waals surface area contributed by atoms with E-state index >= 15 is 0 Å². The topological polar surface area (TPSA) is 217 Å². The summed E-state index contributed by atoms with van der Waals surface area (Å²) in [6.45, 7) is 24.1. The van der Waals surface area contributed by atoms with Gasteiger partial charge in [0.25, 0.3) is 0 Å². The maximum absolute atomic E-state index is 11.3. The first-order valence-corrected chi connectivity index (χ1v) is 60.0. The number of thioether (sulfide) groups is 6. The molecule has 0 amide bonds. The third-order valence-corrected chi connectivity index (χ3v) is 41.5. The van der Waals surface area contributed by atoms with Crippen molar-refractivity contribution in [3.05, 3.63) is 213 Å². The summed E-state index contributed by atoms with van der Waals surface area (Å²) in [4.78, 5) is 104. The van der Waals surface area contributed by atoms with E-state index in [1.807, 2.05) is 23.5 Å². The van der Waals surface area contributed by atoms with Crippen molar-refractivity contribution in [3.63, 3.8) is 0 Å². The molecule has 24 heteroatoms. The Morgan fingerprint density at radius 1 is 0.266 bits per heavy atom. The van der Waals surface area contributed by atoms with Gasteiger partial charge in [-0.3, -0.25) is 38.6 Å².